The molecule has 2 aliphatic heterocycles. The first kappa shape index (κ1) is 25.1. The fourth-order valence-corrected chi connectivity index (χ4v) is 6.99. The van der Waals surface area contributed by atoms with E-state index in [1.54, 1.807) is 36.4 Å². The number of likely N-dealkylation sites (N-methyl/N-ethyl adjacent to an activating group) is 1. The number of aliphatic hydroxyl groups excluding tert-OH is 1. The second-order valence-electron chi connectivity index (χ2n) is 10.6. The Kier molecular flexibility index (Phi) is 6.07. The standard InChI is InChI=1S/C29H32N2O7/c1-31-14-12-28-23-18-7-8-19(16-32)24(23)38-26(28)20(9-11-29(28,35)21(31)15-18)36-27(34)25(37-22(33)10-13-30)17-5-3-2-4-6-17/h2-9,21,25-26,32,35H,10-16,30H2,1H3/t21-,25-,26?,28?,29-/m1/s1. The van der Waals surface area contributed by atoms with E-state index < -0.39 is 35.2 Å². The molecule has 2 aromatic rings. The minimum atomic E-state index is -1.28. The highest BCUT2D eigenvalue weighted by molar-refractivity contribution is 5.82. The van der Waals surface area contributed by atoms with Crippen LogP contribution in [-0.2, 0) is 37.5 Å². The molecule has 4 aliphatic rings. The van der Waals surface area contributed by atoms with Gasteiger partial charge in [-0.25, -0.2) is 4.79 Å². The molecular formula is C29H32N2O7. The monoisotopic (exact) mass is 520 g/mol. The number of rotatable bonds is 7. The zero-order chi connectivity index (χ0) is 26.7. The molecule has 2 bridgehead atoms. The lowest BCUT2D eigenvalue weighted by Gasteiger charge is -2.61. The Morgan fingerprint density at radius 2 is 2.03 bits per heavy atom. The molecule has 2 heterocycles. The van der Waals surface area contributed by atoms with Crippen LogP contribution in [0.15, 0.2) is 54.3 Å². The van der Waals surface area contributed by atoms with Crippen LogP contribution in [0.5, 0.6) is 5.75 Å². The lowest BCUT2D eigenvalue weighted by molar-refractivity contribution is -0.176. The van der Waals surface area contributed by atoms with E-state index in [4.69, 9.17) is 19.9 Å². The second kappa shape index (κ2) is 9.20. The zero-order valence-electron chi connectivity index (χ0n) is 21.3. The minimum Gasteiger partial charge on any atom is -0.481 e. The van der Waals surface area contributed by atoms with E-state index in [1.807, 2.05) is 19.2 Å². The molecule has 6 rings (SSSR count). The van der Waals surface area contributed by atoms with Crippen molar-refractivity contribution in [1.29, 1.82) is 0 Å². The fraction of sp³-hybridized carbons (Fsp3) is 0.448. The van der Waals surface area contributed by atoms with Gasteiger partial charge in [0.2, 0.25) is 6.10 Å². The molecule has 5 atom stereocenters. The van der Waals surface area contributed by atoms with Gasteiger partial charge in [-0.3, -0.25) is 4.79 Å². The molecular weight excluding hydrogens is 488 g/mol. The molecule has 38 heavy (non-hydrogen) atoms. The Hall–Kier alpha value is -3.24. The van der Waals surface area contributed by atoms with Crippen molar-refractivity contribution in [2.75, 3.05) is 20.1 Å². The number of likely N-dealkylation sites (tertiary alicyclic amines) is 1. The number of esters is 2. The van der Waals surface area contributed by atoms with Crippen LogP contribution in [0, 0.1) is 0 Å². The Labute approximate surface area is 220 Å². The van der Waals surface area contributed by atoms with Gasteiger partial charge in [0, 0.05) is 35.7 Å². The summed E-state index contributed by atoms with van der Waals surface area (Å²) < 4.78 is 18.0. The molecule has 1 saturated heterocycles. The van der Waals surface area contributed by atoms with Crippen molar-refractivity contribution < 1.29 is 34.0 Å². The van der Waals surface area contributed by atoms with E-state index in [1.165, 1.54) is 0 Å². The molecule has 0 aromatic heterocycles. The zero-order valence-corrected chi connectivity index (χ0v) is 21.3. The number of aliphatic hydroxyl groups is 2. The number of piperidine rings is 1. The number of carbonyl (C=O) groups excluding carboxylic acids is 2. The van der Waals surface area contributed by atoms with E-state index in [0.29, 0.717) is 29.7 Å². The molecule has 200 valence electrons. The maximum atomic E-state index is 13.6. The van der Waals surface area contributed by atoms with Gasteiger partial charge in [0.15, 0.2) is 6.10 Å². The Bertz CT molecular complexity index is 1310. The smallest absolute Gasteiger partial charge is 0.357 e. The Balaban J connectivity index is 1.39. The van der Waals surface area contributed by atoms with E-state index in [0.717, 1.165) is 17.7 Å². The van der Waals surface area contributed by atoms with Gasteiger partial charge in [-0.05, 0) is 38.1 Å². The highest BCUT2D eigenvalue weighted by Gasteiger charge is 2.72. The SMILES string of the molecule is CN1CCC23c4c5ccc(CO)c4OC2C(OC(=O)[C@H](OC(=O)CCN)c2ccccc2)=CC[C@@]3(O)[C@H]1C5. The molecule has 2 aromatic carbocycles. The van der Waals surface area contributed by atoms with Gasteiger partial charge in [0.25, 0.3) is 0 Å². The summed E-state index contributed by atoms with van der Waals surface area (Å²) in [6, 6.07) is 12.4. The quantitative estimate of drug-likeness (QED) is 0.466. The molecule has 9 nitrogen and oxygen atoms in total. The van der Waals surface area contributed by atoms with Crippen molar-refractivity contribution in [3.05, 3.63) is 76.6 Å². The van der Waals surface area contributed by atoms with E-state index in [9.17, 15) is 19.8 Å². The summed E-state index contributed by atoms with van der Waals surface area (Å²) in [7, 11) is 2.02. The predicted molar refractivity (Wildman–Crippen MR) is 136 cm³/mol. The van der Waals surface area contributed by atoms with Gasteiger partial charge in [0.1, 0.15) is 11.5 Å². The lowest BCUT2D eigenvalue weighted by Crippen LogP contribution is -2.74. The first-order chi connectivity index (χ1) is 18.3. The van der Waals surface area contributed by atoms with E-state index in [-0.39, 0.29) is 37.8 Å². The number of hydrogen-bond donors (Lipinski definition) is 3. The first-order valence-corrected chi connectivity index (χ1v) is 13.1. The van der Waals surface area contributed by atoms with Crippen LogP contribution in [0.1, 0.15) is 47.6 Å². The van der Waals surface area contributed by atoms with Gasteiger partial charge in [0.05, 0.1) is 24.0 Å². The number of nitrogens with zero attached hydrogens (tertiary/aromatic N) is 1. The van der Waals surface area contributed by atoms with Crippen molar-refractivity contribution in [2.45, 2.75) is 61.6 Å². The summed E-state index contributed by atoms with van der Waals surface area (Å²) in [6.07, 6.45) is 1.19. The molecule has 0 saturated carbocycles. The van der Waals surface area contributed by atoms with Crippen molar-refractivity contribution in [2.24, 2.45) is 5.73 Å². The molecule has 1 spiro atoms. The van der Waals surface area contributed by atoms with E-state index in [2.05, 4.69) is 4.90 Å². The first-order valence-electron chi connectivity index (χ1n) is 13.1. The minimum absolute atomic E-state index is 0.0296. The van der Waals surface area contributed by atoms with Crippen molar-refractivity contribution in [1.82, 2.24) is 4.90 Å². The third-order valence-electron chi connectivity index (χ3n) is 8.76. The summed E-state index contributed by atoms with van der Waals surface area (Å²) in [6.45, 7) is 0.625. The fourth-order valence-electron chi connectivity index (χ4n) is 6.99. The average molecular weight is 521 g/mol. The number of carbonyl (C=O) groups is 2. The molecule has 0 radical (unpaired) electrons. The lowest BCUT2D eigenvalue weighted by atomic mass is 9.50. The van der Waals surface area contributed by atoms with Gasteiger partial charge in [-0.2, -0.15) is 0 Å². The molecule has 2 aliphatic carbocycles. The summed E-state index contributed by atoms with van der Waals surface area (Å²) in [5.74, 6) is -0.505. The van der Waals surface area contributed by atoms with Gasteiger partial charge >= 0.3 is 11.9 Å². The van der Waals surface area contributed by atoms with Crippen molar-refractivity contribution in [3.63, 3.8) is 0 Å². The van der Waals surface area contributed by atoms with Crippen molar-refractivity contribution >= 4 is 11.9 Å². The summed E-state index contributed by atoms with van der Waals surface area (Å²) in [4.78, 5) is 28.1. The highest BCUT2D eigenvalue weighted by Crippen LogP contribution is 2.64. The second-order valence-corrected chi connectivity index (χ2v) is 10.6. The van der Waals surface area contributed by atoms with Crippen LogP contribution in [-0.4, -0.2) is 64.9 Å². The molecule has 2 unspecified atom stereocenters. The Morgan fingerprint density at radius 3 is 2.76 bits per heavy atom. The van der Waals surface area contributed by atoms with Crippen LogP contribution in [0.3, 0.4) is 0 Å². The number of nitrogens with two attached hydrogens (primary N) is 1. The van der Waals surface area contributed by atoms with Crippen LogP contribution in [0.2, 0.25) is 0 Å². The largest absolute Gasteiger partial charge is 0.481 e. The number of benzene rings is 2. The van der Waals surface area contributed by atoms with Gasteiger partial charge in [-0.1, -0.05) is 42.5 Å². The normalized spacial score (nSPS) is 29.5. The van der Waals surface area contributed by atoms with Crippen molar-refractivity contribution in [3.8, 4) is 5.75 Å². The van der Waals surface area contributed by atoms with Crippen LogP contribution in [0.4, 0.5) is 0 Å². The molecule has 9 heteroatoms. The third-order valence-corrected chi connectivity index (χ3v) is 8.76. The molecule has 1 fully saturated rings. The van der Waals surface area contributed by atoms with Gasteiger partial charge in [-0.15, -0.1) is 0 Å². The number of ether oxygens (including phenoxy) is 3. The van der Waals surface area contributed by atoms with Crippen LogP contribution in [0.25, 0.3) is 0 Å². The summed E-state index contributed by atoms with van der Waals surface area (Å²) in [5, 5.41) is 22.4. The highest BCUT2D eigenvalue weighted by atomic mass is 16.6. The topological polar surface area (TPSA) is 132 Å². The predicted octanol–water partition coefficient (Wildman–Crippen LogP) is 1.63. The molecule has 0 amide bonds. The third kappa shape index (κ3) is 3.46. The maximum Gasteiger partial charge on any atom is 0.357 e. The van der Waals surface area contributed by atoms with Crippen LogP contribution >= 0.6 is 0 Å². The van der Waals surface area contributed by atoms with E-state index >= 15 is 0 Å². The van der Waals surface area contributed by atoms with Gasteiger partial charge < -0.3 is 35.1 Å². The summed E-state index contributed by atoms with van der Waals surface area (Å²) >= 11 is 0. The number of hydrogen-bond acceptors (Lipinski definition) is 9. The Morgan fingerprint density at radius 1 is 1.24 bits per heavy atom. The average Bonchev–Trinajstić information content (AvgIpc) is 3.27. The summed E-state index contributed by atoms with van der Waals surface area (Å²) in [5.41, 5.74) is 6.64. The molecule has 4 N–H and O–H groups in total. The van der Waals surface area contributed by atoms with Crippen LogP contribution < -0.4 is 10.5 Å². The maximum absolute atomic E-state index is 13.6.